The molecule has 8 heteroatoms. The number of halogens is 1. The van der Waals surface area contributed by atoms with Crippen molar-refractivity contribution in [1.82, 2.24) is 20.6 Å². The molecule has 0 saturated heterocycles. The lowest BCUT2D eigenvalue weighted by Gasteiger charge is -2.14. The summed E-state index contributed by atoms with van der Waals surface area (Å²) in [5, 5.41) is 6.61. The van der Waals surface area contributed by atoms with Crippen LogP contribution in [0.3, 0.4) is 0 Å². The van der Waals surface area contributed by atoms with Crippen LogP contribution in [0.25, 0.3) is 0 Å². The van der Waals surface area contributed by atoms with Gasteiger partial charge in [-0.15, -0.1) is 24.0 Å². The van der Waals surface area contributed by atoms with Crippen LogP contribution < -0.4 is 20.1 Å². The molecule has 3 rings (SSSR count). The maximum Gasteiger partial charge on any atom is 0.224 e. The molecule has 7 nitrogen and oxygen atoms in total. The van der Waals surface area contributed by atoms with E-state index in [0.29, 0.717) is 30.7 Å². The van der Waals surface area contributed by atoms with Crippen LogP contribution in [0, 0.1) is 0 Å². The molecule has 0 unspecified atom stereocenters. The number of guanidine groups is 1. The average molecular weight is 547 g/mol. The van der Waals surface area contributed by atoms with Gasteiger partial charge < -0.3 is 20.1 Å². The van der Waals surface area contributed by atoms with E-state index >= 15 is 0 Å². The quantitative estimate of drug-likeness (QED) is 0.220. The molecule has 0 amide bonds. The first-order valence-corrected chi connectivity index (χ1v) is 10.5. The minimum absolute atomic E-state index is 0. The van der Waals surface area contributed by atoms with Crippen molar-refractivity contribution in [1.29, 1.82) is 0 Å². The van der Waals surface area contributed by atoms with Crippen LogP contribution in [0.2, 0.25) is 0 Å². The van der Waals surface area contributed by atoms with Gasteiger partial charge in [0.15, 0.2) is 5.96 Å². The molecule has 0 radical (unpaired) electrons. The Morgan fingerprint density at radius 1 is 0.938 bits per heavy atom. The van der Waals surface area contributed by atoms with Gasteiger partial charge in [-0.2, -0.15) is 0 Å². The molecule has 0 aliphatic heterocycles. The SMILES string of the molecule is CCCOc1ccc(Oc2ncccc2CNC(=NC)NCCc2ccccn2)cc1.I. The fourth-order valence-electron chi connectivity index (χ4n) is 2.84. The van der Waals surface area contributed by atoms with E-state index in [4.69, 9.17) is 9.47 Å². The van der Waals surface area contributed by atoms with Gasteiger partial charge in [0.1, 0.15) is 11.5 Å². The molecule has 0 fully saturated rings. The Bertz CT molecular complexity index is 952. The first-order valence-electron chi connectivity index (χ1n) is 10.5. The first-order chi connectivity index (χ1) is 15.3. The number of hydrogen-bond donors (Lipinski definition) is 2. The summed E-state index contributed by atoms with van der Waals surface area (Å²) in [5.74, 6) is 2.81. The van der Waals surface area contributed by atoms with Gasteiger partial charge in [-0.1, -0.05) is 19.1 Å². The molecule has 0 aliphatic carbocycles. The van der Waals surface area contributed by atoms with E-state index in [1.54, 1.807) is 19.4 Å². The smallest absolute Gasteiger partial charge is 0.224 e. The summed E-state index contributed by atoms with van der Waals surface area (Å²) in [4.78, 5) is 13.0. The predicted octanol–water partition coefficient (Wildman–Crippen LogP) is 4.58. The average Bonchev–Trinajstić information content (AvgIpc) is 2.82. The second kappa shape index (κ2) is 14.2. The number of benzene rings is 1. The Kier molecular flexibility index (Phi) is 11.3. The summed E-state index contributed by atoms with van der Waals surface area (Å²) in [5.41, 5.74) is 1.97. The number of hydrogen-bond acceptors (Lipinski definition) is 5. The van der Waals surface area contributed by atoms with Crippen LogP contribution in [0.5, 0.6) is 17.4 Å². The van der Waals surface area contributed by atoms with E-state index < -0.39 is 0 Å². The third-order valence-corrected chi connectivity index (χ3v) is 4.43. The van der Waals surface area contributed by atoms with E-state index in [0.717, 1.165) is 36.4 Å². The number of nitrogens with one attached hydrogen (secondary N) is 2. The van der Waals surface area contributed by atoms with E-state index in [-0.39, 0.29) is 24.0 Å². The van der Waals surface area contributed by atoms with Gasteiger partial charge in [-0.05, 0) is 48.9 Å². The fraction of sp³-hybridized carbons (Fsp3) is 0.292. The maximum absolute atomic E-state index is 6.00. The number of nitrogens with zero attached hydrogens (tertiary/aromatic N) is 3. The monoisotopic (exact) mass is 547 g/mol. The molecule has 1 aromatic carbocycles. The fourth-order valence-corrected chi connectivity index (χ4v) is 2.84. The van der Waals surface area contributed by atoms with Gasteiger partial charge in [0.05, 0.1) is 6.61 Å². The number of aliphatic imine (C=N–C) groups is 1. The molecule has 2 N–H and O–H groups in total. The van der Waals surface area contributed by atoms with Crippen molar-refractivity contribution in [3.8, 4) is 17.4 Å². The number of rotatable bonds is 10. The zero-order chi connectivity index (χ0) is 21.7. The van der Waals surface area contributed by atoms with Crippen molar-refractivity contribution in [2.45, 2.75) is 26.3 Å². The van der Waals surface area contributed by atoms with Gasteiger partial charge in [0.25, 0.3) is 0 Å². The Morgan fingerprint density at radius 2 is 1.72 bits per heavy atom. The van der Waals surface area contributed by atoms with Crippen molar-refractivity contribution in [2.24, 2.45) is 4.99 Å². The van der Waals surface area contributed by atoms with Crippen LogP contribution in [0.15, 0.2) is 72.0 Å². The van der Waals surface area contributed by atoms with Crippen molar-refractivity contribution < 1.29 is 9.47 Å². The highest BCUT2D eigenvalue weighted by Crippen LogP contribution is 2.25. The summed E-state index contributed by atoms with van der Waals surface area (Å²) in [6, 6.07) is 17.4. The molecule has 0 saturated carbocycles. The van der Waals surface area contributed by atoms with E-state index in [2.05, 4.69) is 32.5 Å². The predicted molar refractivity (Wildman–Crippen MR) is 138 cm³/mol. The lowest BCUT2D eigenvalue weighted by Crippen LogP contribution is -2.38. The summed E-state index contributed by atoms with van der Waals surface area (Å²) in [6.07, 6.45) is 5.32. The topological polar surface area (TPSA) is 80.7 Å². The zero-order valence-corrected chi connectivity index (χ0v) is 20.8. The molecular formula is C24H30IN5O2. The lowest BCUT2D eigenvalue weighted by atomic mass is 10.2. The van der Waals surface area contributed by atoms with E-state index in [1.165, 1.54) is 0 Å². The standard InChI is InChI=1S/C24H29N5O2.HI/c1-3-17-30-21-9-11-22(12-10-21)31-23-19(7-6-15-27-23)18-29-24(25-2)28-16-13-20-8-4-5-14-26-20;/h4-12,14-15H,3,13,16-18H2,1-2H3,(H2,25,28,29);1H. The Balaban J connectivity index is 0.00000363. The van der Waals surface area contributed by atoms with Crippen LogP contribution in [0.1, 0.15) is 24.6 Å². The highest BCUT2D eigenvalue weighted by atomic mass is 127. The van der Waals surface area contributed by atoms with Gasteiger partial charge in [0.2, 0.25) is 5.88 Å². The largest absolute Gasteiger partial charge is 0.494 e. The highest BCUT2D eigenvalue weighted by Gasteiger charge is 2.08. The van der Waals surface area contributed by atoms with Crippen molar-refractivity contribution in [3.05, 3.63) is 78.2 Å². The van der Waals surface area contributed by atoms with Crippen LogP contribution >= 0.6 is 24.0 Å². The Morgan fingerprint density at radius 3 is 2.44 bits per heavy atom. The molecule has 2 heterocycles. The molecule has 2 aromatic heterocycles. The number of aromatic nitrogens is 2. The first kappa shape index (κ1) is 25.4. The highest BCUT2D eigenvalue weighted by molar-refractivity contribution is 14.0. The van der Waals surface area contributed by atoms with E-state index in [9.17, 15) is 0 Å². The summed E-state index contributed by atoms with van der Waals surface area (Å²) < 4.78 is 11.6. The molecule has 3 aromatic rings. The number of ether oxygens (including phenoxy) is 2. The minimum Gasteiger partial charge on any atom is -0.494 e. The molecule has 32 heavy (non-hydrogen) atoms. The molecule has 0 atom stereocenters. The van der Waals surface area contributed by atoms with Crippen molar-refractivity contribution in [2.75, 3.05) is 20.2 Å². The zero-order valence-electron chi connectivity index (χ0n) is 18.5. The van der Waals surface area contributed by atoms with Gasteiger partial charge in [0, 0.05) is 50.2 Å². The molecule has 0 spiro atoms. The van der Waals surface area contributed by atoms with Crippen LogP contribution in [-0.4, -0.2) is 36.1 Å². The van der Waals surface area contributed by atoms with Gasteiger partial charge in [-0.3, -0.25) is 9.98 Å². The van der Waals surface area contributed by atoms with Gasteiger partial charge in [-0.25, -0.2) is 4.98 Å². The van der Waals surface area contributed by atoms with Crippen LogP contribution in [-0.2, 0) is 13.0 Å². The molecule has 0 aliphatic rings. The minimum atomic E-state index is 0. The second-order valence-electron chi connectivity index (χ2n) is 6.81. The summed E-state index contributed by atoms with van der Waals surface area (Å²) in [7, 11) is 1.75. The normalized spacial score (nSPS) is 10.8. The lowest BCUT2D eigenvalue weighted by molar-refractivity contribution is 0.317. The van der Waals surface area contributed by atoms with Crippen molar-refractivity contribution >= 4 is 29.9 Å². The summed E-state index contributed by atoms with van der Waals surface area (Å²) >= 11 is 0. The van der Waals surface area contributed by atoms with Crippen LogP contribution in [0.4, 0.5) is 0 Å². The van der Waals surface area contributed by atoms with Crippen molar-refractivity contribution in [3.63, 3.8) is 0 Å². The Labute approximate surface area is 206 Å². The second-order valence-corrected chi connectivity index (χ2v) is 6.81. The molecule has 0 bridgehead atoms. The third-order valence-electron chi connectivity index (χ3n) is 4.43. The Hall–Kier alpha value is -2.88. The number of pyridine rings is 2. The third kappa shape index (κ3) is 8.33. The van der Waals surface area contributed by atoms with Gasteiger partial charge >= 0.3 is 0 Å². The maximum atomic E-state index is 6.00. The van der Waals surface area contributed by atoms with E-state index in [1.807, 2.05) is 54.6 Å². The molecular weight excluding hydrogens is 517 g/mol. The summed E-state index contributed by atoms with van der Waals surface area (Å²) in [6.45, 7) is 4.05. The molecule has 170 valence electrons.